The molecule has 2 aliphatic rings. The SMILES string of the molecule is CCCN1CCC2(CC1)CCN(Cc1ccc(-c3nn[nH]n3)cc1)C[C@H]2CO. The second-order valence-corrected chi connectivity index (χ2v) is 8.50. The zero-order chi connectivity index (χ0) is 19.4. The summed E-state index contributed by atoms with van der Waals surface area (Å²) in [4.78, 5) is 5.10. The molecule has 4 rings (SSSR count). The van der Waals surface area contributed by atoms with Crippen LogP contribution in [-0.2, 0) is 6.54 Å². The summed E-state index contributed by atoms with van der Waals surface area (Å²) in [6.45, 7) is 9.22. The van der Waals surface area contributed by atoms with Gasteiger partial charge in [-0.3, -0.25) is 4.90 Å². The largest absolute Gasteiger partial charge is 0.396 e. The number of tetrazole rings is 1. The van der Waals surface area contributed by atoms with Gasteiger partial charge in [0.15, 0.2) is 0 Å². The quantitative estimate of drug-likeness (QED) is 0.794. The number of H-pyrrole nitrogens is 1. The number of likely N-dealkylation sites (tertiary alicyclic amines) is 2. The Balaban J connectivity index is 1.35. The Morgan fingerprint density at radius 1 is 1.11 bits per heavy atom. The van der Waals surface area contributed by atoms with Crippen molar-refractivity contribution in [3.63, 3.8) is 0 Å². The Morgan fingerprint density at radius 2 is 1.82 bits per heavy atom. The van der Waals surface area contributed by atoms with Crippen molar-refractivity contribution in [3.8, 4) is 11.4 Å². The van der Waals surface area contributed by atoms with Crippen LogP contribution in [0.4, 0.5) is 0 Å². The van der Waals surface area contributed by atoms with Crippen LogP contribution in [0.1, 0.15) is 38.2 Å². The van der Waals surface area contributed by atoms with E-state index in [2.05, 4.69) is 61.6 Å². The standard InChI is InChI=1S/C21H32N6O/c1-2-10-26-11-7-21(8-12-26)9-13-27(15-19(21)16-28)14-17-3-5-18(6-4-17)20-22-24-25-23-20/h3-6,19,28H,2,7-16H2,1H3,(H,22,23,24,25)/t19-/m0/s1. The molecule has 1 atom stereocenters. The number of rotatable bonds is 6. The van der Waals surface area contributed by atoms with Gasteiger partial charge < -0.3 is 10.0 Å². The second-order valence-electron chi connectivity index (χ2n) is 8.50. The van der Waals surface area contributed by atoms with Gasteiger partial charge in [0.05, 0.1) is 0 Å². The molecule has 2 saturated heterocycles. The van der Waals surface area contributed by atoms with Crippen LogP contribution in [0, 0.1) is 11.3 Å². The average Bonchev–Trinajstić information content (AvgIpc) is 3.27. The number of piperidine rings is 2. The zero-order valence-corrected chi connectivity index (χ0v) is 16.8. The van der Waals surface area contributed by atoms with Crippen LogP contribution < -0.4 is 0 Å². The molecule has 2 fully saturated rings. The van der Waals surface area contributed by atoms with Gasteiger partial charge >= 0.3 is 0 Å². The summed E-state index contributed by atoms with van der Waals surface area (Å²) in [5, 5.41) is 24.3. The molecule has 1 aromatic carbocycles. The molecule has 0 bridgehead atoms. The number of hydrogen-bond acceptors (Lipinski definition) is 6. The summed E-state index contributed by atoms with van der Waals surface area (Å²) in [5.41, 5.74) is 2.61. The number of benzene rings is 1. The third kappa shape index (κ3) is 4.11. The lowest BCUT2D eigenvalue weighted by atomic mass is 9.64. The minimum atomic E-state index is 0.307. The molecule has 2 N–H and O–H groups in total. The summed E-state index contributed by atoms with van der Waals surface area (Å²) in [6.07, 6.45) is 4.92. The lowest BCUT2D eigenvalue weighted by Gasteiger charge is -2.51. The summed E-state index contributed by atoms with van der Waals surface area (Å²) >= 11 is 0. The molecule has 3 heterocycles. The summed E-state index contributed by atoms with van der Waals surface area (Å²) in [7, 11) is 0. The van der Waals surface area contributed by atoms with Crippen molar-refractivity contribution in [2.45, 2.75) is 39.2 Å². The molecule has 28 heavy (non-hydrogen) atoms. The highest BCUT2D eigenvalue weighted by Gasteiger charge is 2.44. The molecule has 0 saturated carbocycles. The number of aliphatic hydroxyl groups excluding tert-OH is 1. The fourth-order valence-corrected chi connectivity index (χ4v) is 5.07. The Morgan fingerprint density at radius 3 is 2.43 bits per heavy atom. The Kier molecular flexibility index (Phi) is 6.04. The highest BCUT2D eigenvalue weighted by Crippen LogP contribution is 2.45. The van der Waals surface area contributed by atoms with E-state index in [9.17, 15) is 5.11 Å². The highest BCUT2D eigenvalue weighted by atomic mass is 16.3. The van der Waals surface area contributed by atoms with E-state index in [-0.39, 0.29) is 0 Å². The van der Waals surface area contributed by atoms with Crippen molar-refractivity contribution in [1.82, 2.24) is 30.4 Å². The van der Waals surface area contributed by atoms with Gasteiger partial charge in [0, 0.05) is 31.2 Å². The van der Waals surface area contributed by atoms with Crippen LogP contribution >= 0.6 is 0 Å². The van der Waals surface area contributed by atoms with Crippen molar-refractivity contribution in [1.29, 1.82) is 0 Å². The first kappa shape index (κ1) is 19.5. The third-order valence-corrected chi connectivity index (χ3v) is 6.85. The lowest BCUT2D eigenvalue weighted by molar-refractivity contribution is -0.0436. The van der Waals surface area contributed by atoms with Crippen LogP contribution in [0.2, 0.25) is 0 Å². The van der Waals surface area contributed by atoms with E-state index in [0.717, 1.165) is 25.2 Å². The topological polar surface area (TPSA) is 81.2 Å². The predicted molar refractivity (Wildman–Crippen MR) is 108 cm³/mol. The molecule has 7 heteroatoms. The first-order valence-corrected chi connectivity index (χ1v) is 10.6. The number of aromatic amines is 1. The van der Waals surface area contributed by atoms with E-state index in [1.54, 1.807) is 0 Å². The fraction of sp³-hybridized carbons (Fsp3) is 0.667. The van der Waals surface area contributed by atoms with Gasteiger partial charge in [0.1, 0.15) is 0 Å². The minimum Gasteiger partial charge on any atom is -0.396 e. The number of nitrogens with zero attached hydrogens (tertiary/aromatic N) is 5. The first-order chi connectivity index (χ1) is 13.7. The fourth-order valence-electron chi connectivity index (χ4n) is 5.07. The number of aromatic nitrogens is 4. The average molecular weight is 385 g/mol. The molecule has 0 radical (unpaired) electrons. The van der Waals surface area contributed by atoms with Gasteiger partial charge in [-0.2, -0.15) is 5.21 Å². The predicted octanol–water partition coefficient (Wildman–Crippen LogP) is 2.17. The Hall–Kier alpha value is -1.83. The maximum absolute atomic E-state index is 10.1. The van der Waals surface area contributed by atoms with E-state index in [1.165, 1.54) is 50.9 Å². The van der Waals surface area contributed by atoms with Crippen molar-refractivity contribution in [2.24, 2.45) is 11.3 Å². The van der Waals surface area contributed by atoms with Crippen molar-refractivity contribution in [3.05, 3.63) is 29.8 Å². The van der Waals surface area contributed by atoms with Gasteiger partial charge in [0.25, 0.3) is 0 Å². The van der Waals surface area contributed by atoms with Crippen LogP contribution in [0.15, 0.2) is 24.3 Å². The van der Waals surface area contributed by atoms with Gasteiger partial charge in [-0.1, -0.05) is 31.2 Å². The Bertz CT molecular complexity index is 724. The third-order valence-electron chi connectivity index (χ3n) is 6.85. The summed E-state index contributed by atoms with van der Waals surface area (Å²) < 4.78 is 0. The van der Waals surface area contributed by atoms with E-state index in [1.807, 2.05) is 0 Å². The van der Waals surface area contributed by atoms with E-state index >= 15 is 0 Å². The first-order valence-electron chi connectivity index (χ1n) is 10.6. The molecule has 152 valence electrons. The van der Waals surface area contributed by atoms with Gasteiger partial charge in [0.2, 0.25) is 5.82 Å². The van der Waals surface area contributed by atoms with Crippen LogP contribution in [0.25, 0.3) is 11.4 Å². The van der Waals surface area contributed by atoms with E-state index in [4.69, 9.17) is 0 Å². The zero-order valence-electron chi connectivity index (χ0n) is 16.8. The van der Waals surface area contributed by atoms with Crippen molar-refractivity contribution in [2.75, 3.05) is 39.3 Å². The monoisotopic (exact) mass is 384 g/mol. The minimum absolute atomic E-state index is 0.307. The van der Waals surface area contributed by atoms with Crippen molar-refractivity contribution < 1.29 is 5.11 Å². The molecule has 7 nitrogen and oxygen atoms in total. The maximum atomic E-state index is 10.1. The summed E-state index contributed by atoms with van der Waals surface area (Å²) in [5.74, 6) is 1.02. The molecule has 2 aromatic rings. The van der Waals surface area contributed by atoms with Gasteiger partial charge in [-0.05, 0) is 68.1 Å². The number of aliphatic hydroxyl groups is 1. The van der Waals surface area contributed by atoms with Crippen LogP contribution in [0.5, 0.6) is 0 Å². The Labute approximate surface area is 167 Å². The highest BCUT2D eigenvalue weighted by molar-refractivity contribution is 5.54. The molecule has 1 aromatic heterocycles. The summed E-state index contributed by atoms with van der Waals surface area (Å²) in [6, 6.07) is 8.40. The van der Waals surface area contributed by atoms with Crippen molar-refractivity contribution >= 4 is 0 Å². The molecule has 0 unspecified atom stereocenters. The van der Waals surface area contributed by atoms with Gasteiger partial charge in [-0.25, -0.2) is 0 Å². The smallest absolute Gasteiger partial charge is 0.204 e. The molecular weight excluding hydrogens is 352 g/mol. The van der Waals surface area contributed by atoms with E-state index < -0.39 is 0 Å². The molecular formula is C21H32N6O. The van der Waals surface area contributed by atoms with Gasteiger partial charge in [-0.15, -0.1) is 10.2 Å². The molecule has 0 amide bonds. The molecule has 0 aliphatic carbocycles. The normalized spacial score (nSPS) is 23.3. The number of nitrogens with one attached hydrogen (secondary N) is 1. The van der Waals surface area contributed by atoms with E-state index in [0.29, 0.717) is 23.8 Å². The molecule has 2 aliphatic heterocycles. The van der Waals surface area contributed by atoms with Crippen LogP contribution in [0.3, 0.4) is 0 Å². The lowest BCUT2D eigenvalue weighted by Crippen LogP contribution is -2.53. The number of hydrogen-bond donors (Lipinski definition) is 2. The maximum Gasteiger partial charge on any atom is 0.204 e. The second kappa shape index (κ2) is 8.68. The van der Waals surface area contributed by atoms with Crippen LogP contribution in [-0.4, -0.2) is 74.9 Å². The molecule has 1 spiro atoms.